The van der Waals surface area contributed by atoms with Gasteiger partial charge in [-0.05, 0) is 32.9 Å². The van der Waals surface area contributed by atoms with Crippen molar-refractivity contribution < 1.29 is 14.2 Å². The highest BCUT2D eigenvalue weighted by atomic mass is 16.8. The number of aromatic nitrogens is 1. The maximum atomic E-state index is 6.16. The van der Waals surface area contributed by atoms with Crippen LogP contribution in [0.25, 0.3) is 10.9 Å². The van der Waals surface area contributed by atoms with Crippen molar-refractivity contribution in [3.05, 3.63) is 42.1 Å². The van der Waals surface area contributed by atoms with Crippen LogP contribution in [-0.2, 0) is 14.2 Å². The number of ether oxygens (including phenoxy) is 3. The first-order valence-electron chi connectivity index (χ1n) is 7.89. The number of pyridine rings is 1. The summed E-state index contributed by atoms with van der Waals surface area (Å²) in [4.78, 5) is 4.76. The average molecular weight is 299 g/mol. The molecule has 0 amide bonds. The maximum Gasteiger partial charge on any atom is 0.163 e. The van der Waals surface area contributed by atoms with Gasteiger partial charge in [0, 0.05) is 11.8 Å². The van der Waals surface area contributed by atoms with Crippen LogP contribution in [0.2, 0.25) is 0 Å². The van der Waals surface area contributed by atoms with Crippen LogP contribution in [0.3, 0.4) is 0 Å². The monoisotopic (exact) mass is 299 g/mol. The maximum absolute atomic E-state index is 6.16. The molecule has 0 bridgehead atoms. The Morgan fingerprint density at radius 3 is 2.77 bits per heavy atom. The van der Waals surface area contributed by atoms with Gasteiger partial charge >= 0.3 is 0 Å². The molecule has 0 aliphatic carbocycles. The van der Waals surface area contributed by atoms with Gasteiger partial charge in [0.15, 0.2) is 5.79 Å². The first kappa shape index (κ1) is 14.1. The van der Waals surface area contributed by atoms with E-state index >= 15 is 0 Å². The van der Waals surface area contributed by atoms with Gasteiger partial charge in [-0.3, -0.25) is 4.98 Å². The number of nitrogens with zero attached hydrogens (tertiary/aromatic N) is 1. The lowest BCUT2D eigenvalue weighted by Crippen LogP contribution is -2.42. The minimum absolute atomic E-state index is 0.00112. The number of para-hydroxylation sites is 1. The first-order valence-corrected chi connectivity index (χ1v) is 7.89. The highest BCUT2D eigenvalue weighted by Crippen LogP contribution is 2.41. The summed E-state index contributed by atoms with van der Waals surface area (Å²) in [5.74, 6) is -0.529. The molecule has 0 radical (unpaired) electrons. The molecule has 4 atom stereocenters. The van der Waals surface area contributed by atoms with E-state index in [4.69, 9.17) is 19.2 Å². The summed E-state index contributed by atoms with van der Waals surface area (Å²) in [5.41, 5.74) is 1.97. The largest absolute Gasteiger partial charge is 0.366 e. The van der Waals surface area contributed by atoms with Gasteiger partial charge in [0.2, 0.25) is 0 Å². The predicted molar refractivity (Wildman–Crippen MR) is 83.5 cm³/mol. The Morgan fingerprint density at radius 1 is 1.09 bits per heavy atom. The second-order valence-corrected chi connectivity index (χ2v) is 6.63. The molecular weight excluding hydrogens is 278 g/mol. The van der Waals surface area contributed by atoms with E-state index in [1.165, 1.54) is 0 Å². The van der Waals surface area contributed by atoms with E-state index in [2.05, 4.69) is 25.1 Å². The molecule has 1 aromatic heterocycles. The zero-order chi connectivity index (χ0) is 15.3. The summed E-state index contributed by atoms with van der Waals surface area (Å²) in [6.07, 6.45) is 0.810. The summed E-state index contributed by atoms with van der Waals surface area (Å²) in [6, 6.07) is 12.3. The van der Waals surface area contributed by atoms with Crippen molar-refractivity contribution in [2.24, 2.45) is 0 Å². The fourth-order valence-corrected chi connectivity index (χ4v) is 3.50. The minimum Gasteiger partial charge on any atom is -0.366 e. The summed E-state index contributed by atoms with van der Waals surface area (Å²) < 4.78 is 18.1. The number of benzene rings is 1. The molecule has 2 fully saturated rings. The zero-order valence-corrected chi connectivity index (χ0v) is 13.2. The van der Waals surface area contributed by atoms with Crippen LogP contribution in [0.1, 0.15) is 39.0 Å². The molecule has 3 heterocycles. The predicted octanol–water partition coefficient (Wildman–Crippen LogP) is 3.60. The SMILES string of the molecule is CC1OC(c2ccc3ccccc3n2)CC2OC(C)(C)OC12. The molecule has 0 saturated carbocycles. The molecule has 4 nitrogen and oxygen atoms in total. The Balaban J connectivity index is 1.62. The lowest BCUT2D eigenvalue weighted by Gasteiger charge is -2.34. The number of hydrogen-bond donors (Lipinski definition) is 0. The topological polar surface area (TPSA) is 40.6 Å². The van der Waals surface area contributed by atoms with Crippen molar-refractivity contribution in [2.75, 3.05) is 0 Å². The van der Waals surface area contributed by atoms with Crippen molar-refractivity contribution >= 4 is 10.9 Å². The summed E-state index contributed by atoms with van der Waals surface area (Å²) in [7, 11) is 0. The number of fused-ring (bicyclic) bond motifs is 2. The Kier molecular flexibility index (Phi) is 3.22. The Bertz CT molecular complexity index is 700. The fourth-order valence-electron chi connectivity index (χ4n) is 3.50. The molecule has 116 valence electrons. The Hall–Kier alpha value is -1.49. The van der Waals surface area contributed by atoms with Crippen molar-refractivity contribution in [1.29, 1.82) is 0 Å². The molecule has 2 aliphatic heterocycles. The molecule has 0 N–H and O–H groups in total. The van der Waals surface area contributed by atoms with Gasteiger partial charge in [-0.15, -0.1) is 0 Å². The van der Waals surface area contributed by atoms with Gasteiger partial charge in [-0.25, -0.2) is 0 Å². The van der Waals surface area contributed by atoms with E-state index in [-0.39, 0.29) is 24.4 Å². The van der Waals surface area contributed by atoms with Crippen LogP contribution in [-0.4, -0.2) is 29.1 Å². The standard InChI is InChI=1S/C18H21NO3/c1-11-17-16(21-18(2,3)22-17)10-15(20-11)14-9-8-12-6-4-5-7-13(12)19-14/h4-9,11,15-17H,10H2,1-3H3. The van der Waals surface area contributed by atoms with Gasteiger partial charge in [0.25, 0.3) is 0 Å². The average Bonchev–Trinajstić information content (AvgIpc) is 2.81. The Morgan fingerprint density at radius 2 is 1.91 bits per heavy atom. The van der Waals surface area contributed by atoms with Crippen LogP contribution in [0.4, 0.5) is 0 Å². The van der Waals surface area contributed by atoms with E-state index in [0.717, 1.165) is 23.0 Å². The zero-order valence-electron chi connectivity index (χ0n) is 13.2. The molecule has 2 aliphatic rings. The van der Waals surface area contributed by atoms with Crippen LogP contribution >= 0.6 is 0 Å². The summed E-state index contributed by atoms with van der Waals surface area (Å²) in [6.45, 7) is 5.97. The quantitative estimate of drug-likeness (QED) is 0.806. The molecular formula is C18H21NO3. The van der Waals surface area contributed by atoms with E-state index in [1.54, 1.807) is 0 Å². The van der Waals surface area contributed by atoms with Crippen molar-refractivity contribution in [3.63, 3.8) is 0 Å². The van der Waals surface area contributed by atoms with Gasteiger partial charge in [0.1, 0.15) is 12.2 Å². The summed E-state index contributed by atoms with van der Waals surface area (Å²) in [5, 5.41) is 1.15. The van der Waals surface area contributed by atoms with Crippen molar-refractivity contribution in [2.45, 2.75) is 57.4 Å². The van der Waals surface area contributed by atoms with Gasteiger partial charge in [0.05, 0.1) is 23.4 Å². The number of hydrogen-bond acceptors (Lipinski definition) is 4. The van der Waals surface area contributed by atoms with E-state index in [0.29, 0.717) is 0 Å². The summed E-state index contributed by atoms with van der Waals surface area (Å²) >= 11 is 0. The molecule has 4 rings (SSSR count). The molecule has 2 aromatic rings. The van der Waals surface area contributed by atoms with Crippen LogP contribution in [0, 0.1) is 0 Å². The van der Waals surface area contributed by atoms with Crippen LogP contribution in [0.5, 0.6) is 0 Å². The van der Waals surface area contributed by atoms with E-state index < -0.39 is 5.79 Å². The lowest BCUT2D eigenvalue weighted by molar-refractivity contribution is -0.156. The van der Waals surface area contributed by atoms with E-state index in [1.807, 2.05) is 32.0 Å². The van der Waals surface area contributed by atoms with Gasteiger partial charge < -0.3 is 14.2 Å². The molecule has 4 heteroatoms. The molecule has 4 unspecified atom stereocenters. The third-order valence-electron chi connectivity index (χ3n) is 4.46. The van der Waals surface area contributed by atoms with Gasteiger partial charge in [-0.2, -0.15) is 0 Å². The normalized spacial score (nSPS) is 33.8. The van der Waals surface area contributed by atoms with Crippen LogP contribution in [0.15, 0.2) is 36.4 Å². The lowest BCUT2D eigenvalue weighted by atomic mass is 9.96. The van der Waals surface area contributed by atoms with Gasteiger partial charge in [-0.1, -0.05) is 24.3 Å². The van der Waals surface area contributed by atoms with Crippen molar-refractivity contribution in [3.8, 4) is 0 Å². The third-order valence-corrected chi connectivity index (χ3v) is 4.46. The highest BCUT2D eigenvalue weighted by molar-refractivity contribution is 5.78. The molecule has 1 aromatic carbocycles. The number of rotatable bonds is 1. The van der Waals surface area contributed by atoms with Crippen molar-refractivity contribution in [1.82, 2.24) is 4.98 Å². The highest BCUT2D eigenvalue weighted by Gasteiger charge is 2.49. The third kappa shape index (κ3) is 2.41. The van der Waals surface area contributed by atoms with Crippen LogP contribution < -0.4 is 0 Å². The Labute approximate surface area is 130 Å². The molecule has 0 spiro atoms. The first-order chi connectivity index (χ1) is 10.5. The molecule has 22 heavy (non-hydrogen) atoms. The second-order valence-electron chi connectivity index (χ2n) is 6.63. The molecule has 2 saturated heterocycles. The van der Waals surface area contributed by atoms with E-state index in [9.17, 15) is 0 Å². The fraction of sp³-hybridized carbons (Fsp3) is 0.500. The second kappa shape index (κ2) is 5.01. The smallest absolute Gasteiger partial charge is 0.163 e. The minimum atomic E-state index is -0.529.